The second-order valence-corrected chi connectivity index (χ2v) is 10.7. The lowest BCUT2D eigenvalue weighted by atomic mass is 9.99. The topological polar surface area (TPSA) is 136 Å². The predicted octanol–water partition coefficient (Wildman–Crippen LogP) is 3.94. The van der Waals surface area contributed by atoms with Crippen LogP contribution in [0.2, 0.25) is 0 Å². The van der Waals surface area contributed by atoms with E-state index in [-0.39, 0.29) is 52.4 Å². The largest absolute Gasteiger partial charge is 0.573 e. The minimum Gasteiger partial charge on any atom is -0.499 e. The number of halogens is 3. The number of hydrogen-bond acceptors (Lipinski definition) is 8. The number of nitrogens with zero attached hydrogens (tertiary/aromatic N) is 5. The van der Waals surface area contributed by atoms with Crippen molar-refractivity contribution < 1.29 is 32.2 Å². The fraction of sp³-hybridized carbons (Fsp3) is 0.393. The molecule has 14 heteroatoms. The quantitative estimate of drug-likeness (QED) is 0.430. The first-order chi connectivity index (χ1) is 19.9. The lowest BCUT2D eigenvalue weighted by Crippen LogP contribution is -2.42. The molecular weight excluding hydrogens is 555 g/mol. The Labute approximate surface area is 238 Å². The molecule has 220 valence electrons. The fourth-order valence-corrected chi connectivity index (χ4v) is 5.54. The maximum absolute atomic E-state index is 13.4. The molecular formula is C28H28F3N7O4. The van der Waals surface area contributed by atoms with Crippen molar-refractivity contribution in [1.82, 2.24) is 24.8 Å². The van der Waals surface area contributed by atoms with Crippen LogP contribution in [0, 0.1) is 11.8 Å². The minimum absolute atomic E-state index is 0.00138. The van der Waals surface area contributed by atoms with E-state index in [9.17, 15) is 22.8 Å². The normalized spacial score (nSPS) is 20.9. The number of methoxy groups -OCH3 is 1. The second-order valence-electron chi connectivity index (χ2n) is 10.7. The van der Waals surface area contributed by atoms with E-state index in [4.69, 9.17) is 10.5 Å². The van der Waals surface area contributed by atoms with E-state index in [1.54, 1.807) is 23.4 Å². The monoisotopic (exact) mass is 583 g/mol. The molecule has 1 fully saturated rings. The second kappa shape index (κ2) is 10.0. The van der Waals surface area contributed by atoms with Crippen LogP contribution >= 0.6 is 0 Å². The summed E-state index contributed by atoms with van der Waals surface area (Å²) in [7, 11) is 1.52. The molecule has 0 bridgehead atoms. The number of carbonyl (C=O) groups excluding carboxylic acids is 2. The molecule has 2 aliphatic heterocycles. The molecule has 3 atom stereocenters. The van der Waals surface area contributed by atoms with Gasteiger partial charge in [0.2, 0.25) is 0 Å². The summed E-state index contributed by atoms with van der Waals surface area (Å²) >= 11 is 0. The number of carbonyl (C=O) groups is 2. The first-order valence-corrected chi connectivity index (χ1v) is 13.4. The van der Waals surface area contributed by atoms with Crippen LogP contribution < -0.4 is 15.8 Å². The van der Waals surface area contributed by atoms with E-state index in [0.29, 0.717) is 17.2 Å². The van der Waals surface area contributed by atoms with E-state index in [0.717, 1.165) is 18.9 Å². The van der Waals surface area contributed by atoms with E-state index in [1.165, 1.54) is 23.9 Å². The van der Waals surface area contributed by atoms with Gasteiger partial charge in [-0.2, -0.15) is 0 Å². The minimum atomic E-state index is -5.01. The van der Waals surface area contributed by atoms with Gasteiger partial charge in [0.1, 0.15) is 17.1 Å². The Hall–Kier alpha value is -4.62. The van der Waals surface area contributed by atoms with Crippen LogP contribution in [-0.2, 0) is 11.3 Å². The number of nitrogen functional groups attached to an aromatic ring is 1. The van der Waals surface area contributed by atoms with Crippen LogP contribution in [0.3, 0.4) is 0 Å². The molecule has 0 radical (unpaired) electrons. The van der Waals surface area contributed by atoms with E-state index < -0.39 is 30.0 Å². The van der Waals surface area contributed by atoms with Crippen LogP contribution in [-0.4, -0.2) is 63.1 Å². The van der Waals surface area contributed by atoms with Gasteiger partial charge in [0.05, 0.1) is 30.6 Å². The Morgan fingerprint density at radius 3 is 2.71 bits per heavy atom. The van der Waals surface area contributed by atoms with Crippen LogP contribution in [0.5, 0.6) is 5.75 Å². The number of fused-ring (bicyclic) bond motifs is 2. The summed E-state index contributed by atoms with van der Waals surface area (Å²) in [5, 5.41) is 7.03. The zero-order valence-corrected chi connectivity index (χ0v) is 23.0. The first-order valence-electron chi connectivity index (χ1n) is 13.4. The van der Waals surface area contributed by atoms with Crippen molar-refractivity contribution in [3.05, 3.63) is 53.0 Å². The SMILES string of the molecule is COC1=CN=CC(NC(=O)c2c(N)nn3ccc(-c4cc5c(c(OC(F)(F)F)c4)C(=O)N([C@@H](C)C4CC4)C5)nc23)C1C. The number of amides is 2. The summed E-state index contributed by atoms with van der Waals surface area (Å²) in [6, 6.07) is 3.71. The average molecular weight is 584 g/mol. The highest BCUT2D eigenvalue weighted by atomic mass is 19.4. The summed E-state index contributed by atoms with van der Waals surface area (Å²) in [6.07, 6.45) is 1.59. The molecule has 2 unspecified atom stereocenters. The first kappa shape index (κ1) is 27.5. The Balaban J connectivity index is 1.37. The number of hydrogen-bond donors (Lipinski definition) is 2. The maximum atomic E-state index is 13.4. The van der Waals surface area contributed by atoms with Gasteiger partial charge in [-0.3, -0.25) is 14.6 Å². The zero-order valence-electron chi connectivity index (χ0n) is 23.0. The molecule has 3 aromatic rings. The Kier molecular flexibility index (Phi) is 6.58. The summed E-state index contributed by atoms with van der Waals surface area (Å²) in [6.45, 7) is 3.93. The van der Waals surface area contributed by atoms with Crippen molar-refractivity contribution >= 4 is 29.5 Å². The van der Waals surface area contributed by atoms with Crippen LogP contribution in [0.4, 0.5) is 19.0 Å². The number of aromatic nitrogens is 3. The number of alkyl halides is 3. The number of anilines is 1. The molecule has 6 rings (SSSR count). The maximum Gasteiger partial charge on any atom is 0.573 e. The van der Waals surface area contributed by atoms with Gasteiger partial charge in [-0.25, -0.2) is 9.50 Å². The standard InChI is InChI=1S/C28H28F3N7O4/c1-13-19(10-33-11-21(13)41-3)35-26(39)23-24(32)36-38-7-6-18(34-25(23)38)16-8-17-12-37(14(2)15-4-5-15)27(40)22(17)20(9-16)42-28(29,30)31/h6-11,13-15,19H,4-5,12H2,1-3H3,(H2,32,36)(H,35,39)/t13?,14-,19?/m0/s1. The van der Waals surface area contributed by atoms with Crippen LogP contribution in [0.1, 0.15) is 53.0 Å². The molecule has 2 aromatic heterocycles. The van der Waals surface area contributed by atoms with Gasteiger partial charge < -0.3 is 25.4 Å². The van der Waals surface area contributed by atoms with Gasteiger partial charge in [0.15, 0.2) is 11.5 Å². The molecule has 1 aliphatic carbocycles. The molecule has 2 amide bonds. The number of nitrogens with two attached hydrogens (primary N) is 1. The highest BCUT2D eigenvalue weighted by molar-refractivity contribution is 6.05. The third kappa shape index (κ3) is 4.90. The van der Waals surface area contributed by atoms with Crippen molar-refractivity contribution in [2.24, 2.45) is 16.8 Å². The summed E-state index contributed by atoms with van der Waals surface area (Å²) in [5.41, 5.74) is 7.02. The number of aliphatic imine (C=N–C) groups is 1. The zero-order chi connectivity index (χ0) is 29.9. The van der Waals surface area contributed by atoms with Gasteiger partial charge in [0, 0.05) is 36.5 Å². The summed E-state index contributed by atoms with van der Waals surface area (Å²) in [5.74, 6) is -1.00. The highest BCUT2D eigenvalue weighted by Gasteiger charge is 2.42. The number of nitrogens with one attached hydrogen (secondary N) is 1. The van der Waals surface area contributed by atoms with Crippen molar-refractivity contribution in [1.29, 1.82) is 0 Å². The van der Waals surface area contributed by atoms with E-state index >= 15 is 0 Å². The van der Waals surface area contributed by atoms with Crippen molar-refractivity contribution in [2.45, 2.75) is 51.7 Å². The van der Waals surface area contributed by atoms with Crippen LogP contribution in [0.25, 0.3) is 16.9 Å². The Morgan fingerprint density at radius 1 is 1.26 bits per heavy atom. The Morgan fingerprint density at radius 2 is 2.02 bits per heavy atom. The van der Waals surface area contributed by atoms with Crippen molar-refractivity contribution in [3.63, 3.8) is 0 Å². The number of benzene rings is 1. The van der Waals surface area contributed by atoms with Gasteiger partial charge in [-0.1, -0.05) is 6.92 Å². The van der Waals surface area contributed by atoms with Crippen LogP contribution in [0.15, 0.2) is 41.3 Å². The third-order valence-corrected chi connectivity index (χ3v) is 8.03. The number of ether oxygens (including phenoxy) is 2. The lowest BCUT2D eigenvalue weighted by molar-refractivity contribution is -0.274. The third-order valence-electron chi connectivity index (χ3n) is 8.03. The number of rotatable bonds is 7. The smallest absolute Gasteiger partial charge is 0.499 e. The molecule has 0 spiro atoms. The Bertz CT molecular complexity index is 1660. The van der Waals surface area contributed by atoms with Crippen molar-refractivity contribution in [3.8, 4) is 17.0 Å². The molecule has 4 heterocycles. The highest BCUT2D eigenvalue weighted by Crippen LogP contribution is 2.42. The van der Waals surface area contributed by atoms with Gasteiger partial charge >= 0.3 is 6.36 Å². The predicted molar refractivity (Wildman–Crippen MR) is 146 cm³/mol. The lowest BCUT2D eigenvalue weighted by Gasteiger charge is -2.25. The fourth-order valence-electron chi connectivity index (χ4n) is 5.54. The van der Waals surface area contributed by atoms with Gasteiger partial charge in [-0.15, -0.1) is 18.3 Å². The van der Waals surface area contributed by atoms with Crippen molar-refractivity contribution in [2.75, 3.05) is 12.8 Å². The van der Waals surface area contributed by atoms with Gasteiger partial charge in [-0.05, 0) is 49.4 Å². The molecule has 0 saturated heterocycles. The summed E-state index contributed by atoms with van der Waals surface area (Å²) in [4.78, 5) is 36.8. The molecule has 1 aromatic carbocycles. The van der Waals surface area contributed by atoms with Gasteiger partial charge in [0.25, 0.3) is 11.8 Å². The molecule has 42 heavy (non-hydrogen) atoms. The van der Waals surface area contributed by atoms with E-state index in [2.05, 4.69) is 25.1 Å². The average Bonchev–Trinajstić information content (AvgIpc) is 3.65. The molecule has 3 aliphatic rings. The molecule has 3 N–H and O–H groups in total. The van der Waals surface area contributed by atoms with E-state index in [1.807, 2.05) is 13.8 Å². The molecule has 11 nitrogen and oxygen atoms in total. The molecule has 1 saturated carbocycles. The summed E-state index contributed by atoms with van der Waals surface area (Å²) < 4.78 is 51.3.